The summed E-state index contributed by atoms with van der Waals surface area (Å²) in [4.78, 5) is 0. The molecule has 1 aromatic carbocycles. The molecule has 1 heterocycles. The third kappa shape index (κ3) is 2.00. The molecule has 0 fully saturated rings. The van der Waals surface area contributed by atoms with Crippen molar-refractivity contribution in [2.75, 3.05) is 0 Å². The Labute approximate surface area is 103 Å². The molecule has 0 saturated carbocycles. The lowest BCUT2D eigenvalue weighted by molar-refractivity contribution is 0.472. The fourth-order valence-electron chi connectivity index (χ4n) is 1.89. The molecule has 1 atom stereocenters. The molecular weight excluding hydrogens is 238 g/mol. The fraction of sp³-hybridized carbons (Fsp3) is 0.250. The summed E-state index contributed by atoms with van der Waals surface area (Å²) in [6, 6.07) is 4.09. The Morgan fingerprint density at radius 3 is 2.56 bits per heavy atom. The summed E-state index contributed by atoms with van der Waals surface area (Å²) < 4.78 is 29.0. The molecule has 96 valence electrons. The minimum Gasteiger partial charge on any atom is -0.271 e. The van der Waals surface area contributed by atoms with E-state index in [1.54, 1.807) is 24.0 Å². The molecule has 6 heteroatoms. The SMILES string of the molecule is Cc1ccc(C(NN)c2ccnn2C)c(F)c1F. The van der Waals surface area contributed by atoms with Crippen molar-refractivity contribution in [1.29, 1.82) is 0 Å². The third-order valence-electron chi connectivity index (χ3n) is 2.94. The normalized spacial score (nSPS) is 12.7. The van der Waals surface area contributed by atoms with Gasteiger partial charge in [0.2, 0.25) is 0 Å². The van der Waals surface area contributed by atoms with Gasteiger partial charge in [0, 0.05) is 18.8 Å². The maximum Gasteiger partial charge on any atom is 0.164 e. The Bertz CT molecular complexity index is 565. The Kier molecular flexibility index (Phi) is 3.40. The smallest absolute Gasteiger partial charge is 0.164 e. The van der Waals surface area contributed by atoms with E-state index in [0.717, 1.165) is 0 Å². The van der Waals surface area contributed by atoms with E-state index >= 15 is 0 Å². The number of halogens is 2. The molecule has 1 unspecified atom stereocenters. The van der Waals surface area contributed by atoms with E-state index in [2.05, 4.69) is 10.5 Å². The van der Waals surface area contributed by atoms with Crippen LogP contribution in [0.4, 0.5) is 8.78 Å². The topological polar surface area (TPSA) is 55.9 Å². The third-order valence-corrected chi connectivity index (χ3v) is 2.94. The van der Waals surface area contributed by atoms with Crippen LogP contribution in [0.5, 0.6) is 0 Å². The number of hydrogen-bond donors (Lipinski definition) is 2. The van der Waals surface area contributed by atoms with E-state index in [0.29, 0.717) is 5.69 Å². The summed E-state index contributed by atoms with van der Waals surface area (Å²) in [6.07, 6.45) is 1.57. The van der Waals surface area contributed by atoms with Gasteiger partial charge >= 0.3 is 0 Å². The van der Waals surface area contributed by atoms with Crippen molar-refractivity contribution in [3.05, 3.63) is 52.9 Å². The largest absolute Gasteiger partial charge is 0.271 e. The van der Waals surface area contributed by atoms with Crippen LogP contribution < -0.4 is 11.3 Å². The van der Waals surface area contributed by atoms with Gasteiger partial charge in [0.15, 0.2) is 11.6 Å². The predicted octanol–water partition coefficient (Wildman–Crippen LogP) is 1.56. The molecule has 18 heavy (non-hydrogen) atoms. The van der Waals surface area contributed by atoms with Crippen molar-refractivity contribution in [1.82, 2.24) is 15.2 Å². The van der Waals surface area contributed by atoms with E-state index in [1.165, 1.54) is 19.1 Å². The molecule has 0 radical (unpaired) electrons. The van der Waals surface area contributed by atoms with Gasteiger partial charge in [-0.05, 0) is 18.6 Å². The van der Waals surface area contributed by atoms with Gasteiger partial charge in [0.25, 0.3) is 0 Å². The van der Waals surface area contributed by atoms with Crippen LogP contribution in [0.3, 0.4) is 0 Å². The van der Waals surface area contributed by atoms with Gasteiger partial charge in [-0.15, -0.1) is 0 Å². The van der Waals surface area contributed by atoms with Crippen molar-refractivity contribution >= 4 is 0 Å². The minimum absolute atomic E-state index is 0.157. The first-order valence-electron chi connectivity index (χ1n) is 5.44. The molecule has 4 nitrogen and oxygen atoms in total. The van der Waals surface area contributed by atoms with Crippen LogP contribution >= 0.6 is 0 Å². The van der Waals surface area contributed by atoms with Crippen LogP contribution in [0.2, 0.25) is 0 Å². The molecule has 0 bridgehead atoms. The van der Waals surface area contributed by atoms with Crippen molar-refractivity contribution < 1.29 is 8.78 Å². The highest BCUT2D eigenvalue weighted by Gasteiger charge is 2.22. The van der Waals surface area contributed by atoms with E-state index in [4.69, 9.17) is 5.84 Å². The van der Waals surface area contributed by atoms with Crippen LogP contribution in [0, 0.1) is 18.6 Å². The lowest BCUT2D eigenvalue weighted by Gasteiger charge is -2.18. The first-order chi connectivity index (χ1) is 8.56. The van der Waals surface area contributed by atoms with Crippen molar-refractivity contribution in [3.8, 4) is 0 Å². The molecule has 0 aliphatic rings. The van der Waals surface area contributed by atoms with E-state index in [1.807, 2.05) is 0 Å². The van der Waals surface area contributed by atoms with Crippen molar-refractivity contribution in [3.63, 3.8) is 0 Å². The highest BCUT2D eigenvalue weighted by atomic mass is 19.2. The molecule has 0 saturated heterocycles. The number of hydrazine groups is 1. The van der Waals surface area contributed by atoms with Gasteiger partial charge < -0.3 is 0 Å². The highest BCUT2D eigenvalue weighted by molar-refractivity contribution is 5.32. The number of hydrogen-bond acceptors (Lipinski definition) is 3. The quantitative estimate of drug-likeness (QED) is 0.644. The zero-order valence-electron chi connectivity index (χ0n) is 10.1. The van der Waals surface area contributed by atoms with Gasteiger partial charge in [0.1, 0.15) is 0 Å². The summed E-state index contributed by atoms with van der Waals surface area (Å²) in [5.41, 5.74) is 3.55. The average Bonchev–Trinajstić information content (AvgIpc) is 2.77. The van der Waals surface area contributed by atoms with Gasteiger partial charge in [-0.3, -0.25) is 10.5 Å². The number of nitrogens with two attached hydrogens (primary N) is 1. The summed E-state index contributed by atoms with van der Waals surface area (Å²) >= 11 is 0. The second kappa shape index (κ2) is 4.83. The molecule has 0 aliphatic carbocycles. The van der Waals surface area contributed by atoms with Gasteiger partial charge in [-0.2, -0.15) is 5.10 Å². The standard InChI is InChI=1S/C12H14F2N4/c1-7-3-4-8(11(14)10(7)13)12(17-15)9-5-6-16-18(9)2/h3-6,12,17H,15H2,1-2H3. The Morgan fingerprint density at radius 2 is 2.00 bits per heavy atom. The first kappa shape index (κ1) is 12.7. The number of aryl methyl sites for hydroxylation is 2. The molecule has 0 aliphatic heterocycles. The summed E-state index contributed by atoms with van der Waals surface area (Å²) in [7, 11) is 1.71. The number of aromatic nitrogens is 2. The second-order valence-electron chi connectivity index (χ2n) is 4.08. The Balaban J connectivity index is 2.53. The number of rotatable bonds is 3. The number of benzene rings is 1. The van der Waals surface area contributed by atoms with E-state index < -0.39 is 17.7 Å². The second-order valence-corrected chi connectivity index (χ2v) is 4.08. The zero-order chi connectivity index (χ0) is 13.3. The number of nitrogens with one attached hydrogen (secondary N) is 1. The van der Waals surface area contributed by atoms with Crippen LogP contribution in [0.15, 0.2) is 24.4 Å². The molecule has 2 rings (SSSR count). The number of nitrogens with zero attached hydrogens (tertiary/aromatic N) is 2. The lowest BCUT2D eigenvalue weighted by Crippen LogP contribution is -2.31. The summed E-state index contributed by atoms with van der Waals surface area (Å²) in [5, 5.41) is 3.99. The van der Waals surface area contributed by atoms with Crippen LogP contribution in [0.25, 0.3) is 0 Å². The predicted molar refractivity (Wildman–Crippen MR) is 63.5 cm³/mol. The lowest BCUT2D eigenvalue weighted by atomic mass is 10.0. The van der Waals surface area contributed by atoms with Crippen molar-refractivity contribution in [2.24, 2.45) is 12.9 Å². The molecule has 0 amide bonds. The minimum atomic E-state index is -0.890. The van der Waals surface area contributed by atoms with E-state index in [9.17, 15) is 8.78 Å². The fourth-order valence-corrected chi connectivity index (χ4v) is 1.89. The van der Waals surface area contributed by atoms with Crippen molar-refractivity contribution in [2.45, 2.75) is 13.0 Å². The Morgan fingerprint density at radius 1 is 1.28 bits per heavy atom. The molecule has 1 aromatic heterocycles. The molecular formula is C12H14F2N4. The van der Waals surface area contributed by atoms with Gasteiger partial charge in [-0.25, -0.2) is 14.2 Å². The van der Waals surface area contributed by atoms with Crippen LogP contribution in [0.1, 0.15) is 22.9 Å². The maximum atomic E-state index is 13.9. The monoisotopic (exact) mass is 252 g/mol. The average molecular weight is 252 g/mol. The Hall–Kier alpha value is -1.79. The molecule has 2 aromatic rings. The summed E-state index contributed by atoms with van der Waals surface area (Å²) in [6.45, 7) is 1.51. The maximum absolute atomic E-state index is 13.9. The van der Waals surface area contributed by atoms with E-state index in [-0.39, 0.29) is 11.1 Å². The molecule has 3 N–H and O–H groups in total. The highest BCUT2D eigenvalue weighted by Crippen LogP contribution is 2.26. The molecule has 0 spiro atoms. The first-order valence-corrected chi connectivity index (χ1v) is 5.44. The zero-order valence-corrected chi connectivity index (χ0v) is 10.1. The van der Waals surface area contributed by atoms with Gasteiger partial charge in [0.05, 0.1) is 11.7 Å². The summed E-state index contributed by atoms with van der Waals surface area (Å²) in [5.74, 6) is 3.70. The van der Waals surface area contributed by atoms with Gasteiger partial charge in [-0.1, -0.05) is 12.1 Å². The van der Waals surface area contributed by atoms with Crippen LogP contribution in [-0.4, -0.2) is 9.78 Å². The van der Waals surface area contributed by atoms with Crippen LogP contribution in [-0.2, 0) is 7.05 Å².